The van der Waals surface area contributed by atoms with Gasteiger partial charge in [0.15, 0.2) is 0 Å². The van der Waals surface area contributed by atoms with Crippen molar-refractivity contribution in [3.05, 3.63) is 27.7 Å². The fourth-order valence-electron chi connectivity index (χ4n) is 1.74. The van der Waals surface area contributed by atoms with Crippen molar-refractivity contribution >= 4 is 15.9 Å². The smallest absolute Gasteiger partial charge is 0.122 e. The first-order valence-electron chi connectivity index (χ1n) is 5.80. The Balaban J connectivity index is 2.86. The zero-order valence-corrected chi connectivity index (χ0v) is 11.3. The van der Waals surface area contributed by atoms with Gasteiger partial charge in [0.25, 0.3) is 0 Å². The minimum Gasteiger partial charge on any atom is -0.507 e. The number of halogens is 1. The van der Waals surface area contributed by atoms with E-state index in [1.807, 2.05) is 12.1 Å². The summed E-state index contributed by atoms with van der Waals surface area (Å²) in [6.45, 7) is 2.30. The van der Waals surface area contributed by atoms with Crippen LogP contribution in [0.5, 0.6) is 5.75 Å². The highest BCUT2D eigenvalue weighted by atomic mass is 79.9. The van der Waals surface area contributed by atoms with Crippen LogP contribution in [0.4, 0.5) is 0 Å². The van der Waals surface area contributed by atoms with Crippen molar-refractivity contribution < 1.29 is 10.2 Å². The molecule has 0 amide bonds. The third-order valence-corrected chi connectivity index (χ3v) is 3.09. The van der Waals surface area contributed by atoms with Gasteiger partial charge in [-0.1, -0.05) is 29.3 Å². The van der Waals surface area contributed by atoms with Crippen LogP contribution in [-0.4, -0.2) is 16.8 Å². The van der Waals surface area contributed by atoms with Gasteiger partial charge in [-0.15, -0.1) is 0 Å². The monoisotopic (exact) mass is 286 g/mol. The molecule has 1 aromatic rings. The van der Waals surface area contributed by atoms with E-state index in [1.165, 1.54) is 0 Å². The summed E-state index contributed by atoms with van der Waals surface area (Å²) < 4.78 is 1.00. The first kappa shape index (κ1) is 13.5. The summed E-state index contributed by atoms with van der Waals surface area (Å²) in [4.78, 5) is 0. The van der Waals surface area contributed by atoms with E-state index in [1.54, 1.807) is 0 Å². The quantitative estimate of drug-likeness (QED) is 0.841. The summed E-state index contributed by atoms with van der Waals surface area (Å²) >= 11 is 3.46. The molecule has 2 N–H and O–H groups in total. The lowest BCUT2D eigenvalue weighted by molar-refractivity contribution is 0.288. The summed E-state index contributed by atoms with van der Waals surface area (Å²) in [7, 11) is 0. The second-order valence-corrected chi connectivity index (χ2v) is 4.92. The van der Waals surface area contributed by atoms with E-state index in [2.05, 4.69) is 22.9 Å². The molecular weight excluding hydrogens is 268 g/mol. The van der Waals surface area contributed by atoms with Crippen LogP contribution < -0.4 is 0 Å². The Bertz CT molecular complexity index is 308. The van der Waals surface area contributed by atoms with Crippen LogP contribution >= 0.6 is 15.9 Å². The molecule has 0 bridgehead atoms. The average Bonchev–Trinajstić information content (AvgIpc) is 2.28. The van der Waals surface area contributed by atoms with Crippen molar-refractivity contribution in [2.75, 3.05) is 6.61 Å². The maximum atomic E-state index is 10.1. The number of phenolic OH excluding ortho intramolecular Hbond substituents is 1. The number of aliphatic hydroxyl groups is 1. The number of benzene rings is 1. The largest absolute Gasteiger partial charge is 0.507 e. The van der Waals surface area contributed by atoms with Gasteiger partial charge in [0.2, 0.25) is 0 Å². The van der Waals surface area contributed by atoms with E-state index in [-0.39, 0.29) is 6.61 Å². The van der Waals surface area contributed by atoms with E-state index in [4.69, 9.17) is 5.11 Å². The van der Waals surface area contributed by atoms with Gasteiger partial charge < -0.3 is 10.2 Å². The van der Waals surface area contributed by atoms with E-state index >= 15 is 0 Å². The molecule has 1 rings (SSSR count). The van der Waals surface area contributed by atoms with Crippen molar-refractivity contribution in [3.63, 3.8) is 0 Å². The van der Waals surface area contributed by atoms with Crippen LogP contribution in [0, 0.1) is 0 Å². The third-order valence-electron chi connectivity index (χ3n) is 2.64. The zero-order chi connectivity index (χ0) is 12.0. The average molecular weight is 287 g/mol. The molecule has 0 saturated carbocycles. The second kappa shape index (κ2) is 6.92. The number of hydrogen-bond donors (Lipinski definition) is 2. The first-order chi connectivity index (χ1) is 7.69. The molecule has 0 spiro atoms. The van der Waals surface area contributed by atoms with E-state index in [9.17, 15) is 5.11 Å². The molecule has 0 aliphatic heterocycles. The summed E-state index contributed by atoms with van der Waals surface area (Å²) in [5.41, 5.74) is 1.93. The van der Waals surface area contributed by atoms with Crippen LogP contribution in [0.3, 0.4) is 0 Å². The summed E-state index contributed by atoms with van der Waals surface area (Å²) in [6, 6.07) is 3.91. The Morgan fingerprint density at radius 1 is 1.12 bits per heavy atom. The lowest BCUT2D eigenvalue weighted by Crippen LogP contribution is -1.94. The molecule has 0 atom stereocenters. The van der Waals surface area contributed by atoms with Crippen molar-refractivity contribution in [2.24, 2.45) is 0 Å². The van der Waals surface area contributed by atoms with Crippen LogP contribution in [0.1, 0.15) is 37.3 Å². The van der Waals surface area contributed by atoms with Gasteiger partial charge in [-0.25, -0.2) is 0 Å². The van der Waals surface area contributed by atoms with E-state index < -0.39 is 0 Å². The van der Waals surface area contributed by atoms with Gasteiger partial charge in [-0.3, -0.25) is 0 Å². The topological polar surface area (TPSA) is 40.5 Å². The number of aliphatic hydroxyl groups excluding tert-OH is 1. The predicted molar refractivity (Wildman–Crippen MR) is 69.8 cm³/mol. The van der Waals surface area contributed by atoms with Gasteiger partial charge in [0, 0.05) is 11.1 Å². The Labute approximate surface area is 105 Å². The molecule has 0 saturated heterocycles. The Morgan fingerprint density at radius 2 is 1.69 bits per heavy atom. The van der Waals surface area contributed by atoms with Crippen molar-refractivity contribution in [1.82, 2.24) is 0 Å². The standard InChI is InChI=1S/C13H19BrO2/c1-2-3-5-10-8-12(14)9-11(13(10)16)6-4-7-15/h8-9,15-16H,2-7H2,1H3. The molecule has 0 heterocycles. The predicted octanol–water partition coefficient (Wildman–Crippen LogP) is 3.42. The lowest BCUT2D eigenvalue weighted by atomic mass is 10.0. The van der Waals surface area contributed by atoms with Crippen molar-refractivity contribution in [3.8, 4) is 5.75 Å². The fourth-order valence-corrected chi connectivity index (χ4v) is 2.29. The van der Waals surface area contributed by atoms with Crippen LogP contribution in [0.25, 0.3) is 0 Å². The number of aromatic hydroxyl groups is 1. The van der Waals surface area contributed by atoms with Gasteiger partial charge in [-0.2, -0.15) is 0 Å². The van der Waals surface area contributed by atoms with Gasteiger partial charge in [-0.05, 0) is 48.9 Å². The molecule has 1 aromatic carbocycles. The SMILES string of the molecule is CCCCc1cc(Br)cc(CCCO)c1O. The molecular formula is C13H19BrO2. The molecule has 0 aliphatic rings. The molecule has 0 radical (unpaired) electrons. The highest BCUT2D eigenvalue weighted by Gasteiger charge is 2.08. The number of unbranched alkanes of at least 4 members (excludes halogenated alkanes) is 1. The highest BCUT2D eigenvalue weighted by Crippen LogP contribution is 2.29. The minimum atomic E-state index is 0.163. The number of hydrogen-bond acceptors (Lipinski definition) is 2. The number of aryl methyl sites for hydroxylation is 2. The fraction of sp³-hybridized carbons (Fsp3) is 0.538. The van der Waals surface area contributed by atoms with Crippen LogP contribution in [0.2, 0.25) is 0 Å². The molecule has 0 aromatic heterocycles. The van der Waals surface area contributed by atoms with Crippen molar-refractivity contribution in [2.45, 2.75) is 39.0 Å². The number of rotatable bonds is 6. The molecule has 2 nitrogen and oxygen atoms in total. The summed E-state index contributed by atoms with van der Waals surface area (Å²) in [5.74, 6) is 0.408. The Morgan fingerprint density at radius 3 is 2.19 bits per heavy atom. The minimum absolute atomic E-state index is 0.163. The first-order valence-corrected chi connectivity index (χ1v) is 6.59. The summed E-state index contributed by atoms with van der Waals surface area (Å²) in [6.07, 6.45) is 4.54. The van der Waals surface area contributed by atoms with E-state index in [0.29, 0.717) is 12.2 Å². The third kappa shape index (κ3) is 3.80. The Kier molecular flexibility index (Phi) is 5.85. The zero-order valence-electron chi connectivity index (χ0n) is 9.67. The van der Waals surface area contributed by atoms with Gasteiger partial charge in [0.05, 0.1) is 0 Å². The summed E-state index contributed by atoms with van der Waals surface area (Å²) in [5, 5.41) is 18.9. The van der Waals surface area contributed by atoms with Crippen LogP contribution in [0.15, 0.2) is 16.6 Å². The normalized spacial score (nSPS) is 10.7. The highest BCUT2D eigenvalue weighted by molar-refractivity contribution is 9.10. The Hall–Kier alpha value is -0.540. The molecule has 3 heteroatoms. The lowest BCUT2D eigenvalue weighted by Gasteiger charge is -2.10. The van der Waals surface area contributed by atoms with Crippen LogP contribution in [-0.2, 0) is 12.8 Å². The second-order valence-electron chi connectivity index (χ2n) is 4.00. The molecule has 0 unspecified atom stereocenters. The van der Waals surface area contributed by atoms with Gasteiger partial charge >= 0.3 is 0 Å². The molecule has 0 aliphatic carbocycles. The number of phenols is 1. The van der Waals surface area contributed by atoms with Gasteiger partial charge in [0.1, 0.15) is 5.75 Å². The van der Waals surface area contributed by atoms with E-state index in [0.717, 1.165) is 41.3 Å². The molecule has 90 valence electrons. The maximum Gasteiger partial charge on any atom is 0.122 e. The van der Waals surface area contributed by atoms with Crippen molar-refractivity contribution in [1.29, 1.82) is 0 Å². The molecule has 0 fully saturated rings. The molecule has 16 heavy (non-hydrogen) atoms. The maximum absolute atomic E-state index is 10.1.